The number of carbonyl (C=O) groups is 3. The van der Waals surface area contributed by atoms with Crippen molar-refractivity contribution in [1.29, 1.82) is 0 Å². The smallest absolute Gasteiger partial charge is 0.348 e. The van der Waals surface area contributed by atoms with Gasteiger partial charge in [0.25, 0.3) is 0 Å². The average molecular weight is 474 g/mol. The van der Waals surface area contributed by atoms with Crippen molar-refractivity contribution in [3.63, 3.8) is 0 Å². The molecule has 0 radical (unpaired) electrons. The lowest BCUT2D eigenvalue weighted by atomic mass is 9.98. The van der Waals surface area contributed by atoms with Crippen molar-refractivity contribution in [3.05, 3.63) is 10.7 Å². The molecule has 1 heterocycles. The van der Waals surface area contributed by atoms with E-state index in [0.717, 1.165) is 11.8 Å². The molecule has 1 atom stereocenters. The number of Topliss-reactive ketones (excluding diaryl/α,β-unsaturated/α-hetero) is 1. The summed E-state index contributed by atoms with van der Waals surface area (Å²) in [4.78, 5) is 37.3. The van der Waals surface area contributed by atoms with Crippen molar-refractivity contribution in [3.8, 4) is 0 Å². The van der Waals surface area contributed by atoms with Crippen LogP contribution in [0, 0.1) is 0 Å². The minimum absolute atomic E-state index is 0.0202. The van der Waals surface area contributed by atoms with Gasteiger partial charge in [-0.15, -0.1) is 0 Å². The van der Waals surface area contributed by atoms with Gasteiger partial charge < -0.3 is 14.2 Å². The zero-order valence-corrected chi connectivity index (χ0v) is 16.8. The molecule has 0 saturated carbocycles. The normalized spacial score (nSPS) is 20.6. The van der Waals surface area contributed by atoms with E-state index in [1.165, 1.54) is 0 Å². The molecule has 0 fully saturated rings. The van der Waals surface area contributed by atoms with Crippen LogP contribution in [0.1, 0.15) is 20.3 Å². The minimum Gasteiger partial charge on any atom is -0.488 e. The summed E-state index contributed by atoms with van der Waals surface area (Å²) in [6.07, 6.45) is 0.180. The first-order valence-electron chi connectivity index (χ1n) is 7.05. The zero-order chi connectivity index (χ0) is 17.5. The highest BCUT2D eigenvalue weighted by molar-refractivity contribution is 9.09. The van der Waals surface area contributed by atoms with E-state index in [2.05, 4.69) is 31.9 Å². The van der Waals surface area contributed by atoms with E-state index >= 15 is 0 Å². The molecule has 0 aliphatic carbocycles. The van der Waals surface area contributed by atoms with Crippen molar-refractivity contribution in [2.45, 2.75) is 25.0 Å². The van der Waals surface area contributed by atoms with Crippen LogP contribution in [0.3, 0.4) is 0 Å². The van der Waals surface area contributed by atoms with Gasteiger partial charge in [-0.05, 0) is 20.3 Å². The van der Waals surface area contributed by atoms with Crippen molar-refractivity contribution in [2.75, 3.05) is 30.5 Å². The fourth-order valence-corrected chi connectivity index (χ4v) is 4.22. The number of ketones is 1. The molecular weight excluding hydrogens is 456 g/mol. The lowest BCUT2D eigenvalue weighted by Gasteiger charge is -2.23. The largest absolute Gasteiger partial charge is 0.488 e. The van der Waals surface area contributed by atoms with E-state index in [-0.39, 0.29) is 36.9 Å². The van der Waals surface area contributed by atoms with E-state index in [0.29, 0.717) is 10.7 Å². The molecule has 0 bridgehead atoms. The van der Waals surface area contributed by atoms with Crippen LogP contribution in [0.25, 0.3) is 0 Å². The van der Waals surface area contributed by atoms with E-state index in [4.69, 9.17) is 14.2 Å². The molecule has 0 aromatic rings. The van der Waals surface area contributed by atoms with Gasteiger partial charge in [-0.1, -0.05) is 43.6 Å². The summed E-state index contributed by atoms with van der Waals surface area (Å²) in [6.45, 7) is 3.82. The first kappa shape index (κ1) is 20.5. The number of hydrogen-bond donors (Lipinski definition) is 0. The number of hydrogen-bond acceptors (Lipinski definition) is 7. The van der Waals surface area contributed by atoms with Gasteiger partial charge in [0.05, 0.1) is 19.8 Å². The fraction of sp³-hybridized carbons (Fsp3) is 0.643. The molecule has 1 aliphatic heterocycles. The maximum Gasteiger partial charge on any atom is 0.348 e. The maximum absolute atomic E-state index is 12.8. The van der Waals surface area contributed by atoms with Crippen LogP contribution >= 0.6 is 43.6 Å². The number of ether oxygens (including phenoxy) is 3. The highest BCUT2D eigenvalue weighted by Gasteiger charge is 2.57. The summed E-state index contributed by atoms with van der Waals surface area (Å²) in [7, 11) is 0. The number of carbonyl (C=O) groups excluding carboxylic acids is 3. The molecule has 0 amide bonds. The predicted octanol–water partition coefficient (Wildman–Crippen LogP) is 2.58. The lowest BCUT2D eigenvalue weighted by molar-refractivity contribution is -0.149. The van der Waals surface area contributed by atoms with Gasteiger partial charge in [0.15, 0.2) is 10.5 Å². The lowest BCUT2D eigenvalue weighted by Crippen LogP contribution is -2.43. The topological polar surface area (TPSA) is 78.9 Å². The summed E-state index contributed by atoms with van der Waals surface area (Å²) in [5.41, 5.74) is 0. The van der Waals surface area contributed by atoms with E-state index < -0.39 is 22.5 Å². The Morgan fingerprint density at radius 2 is 1.78 bits per heavy atom. The summed E-state index contributed by atoms with van der Waals surface area (Å²) < 4.78 is 13.9. The molecule has 1 aliphatic rings. The third-order valence-corrected chi connectivity index (χ3v) is 5.07. The Balaban J connectivity index is 3.22. The van der Waals surface area contributed by atoms with Gasteiger partial charge >= 0.3 is 11.9 Å². The minimum atomic E-state index is -1.51. The van der Waals surface area contributed by atoms with Crippen LogP contribution in [0.2, 0.25) is 0 Å². The summed E-state index contributed by atoms with van der Waals surface area (Å²) in [5.74, 6) is -2.02. The Hall–Kier alpha value is -0.540. The van der Waals surface area contributed by atoms with Gasteiger partial charge in [-0.2, -0.15) is 0 Å². The number of thioether (sulfide) groups is 1. The molecule has 0 aromatic carbocycles. The Kier molecular flexibility index (Phi) is 8.63. The molecule has 0 aromatic heterocycles. The third kappa shape index (κ3) is 4.51. The van der Waals surface area contributed by atoms with Gasteiger partial charge in [-0.25, -0.2) is 4.79 Å². The molecule has 130 valence electrons. The molecule has 23 heavy (non-hydrogen) atoms. The summed E-state index contributed by atoms with van der Waals surface area (Å²) in [6, 6.07) is 0. The first-order chi connectivity index (χ1) is 11.0. The molecular formula is C14H18Br2O6S. The Morgan fingerprint density at radius 1 is 1.13 bits per heavy atom. The van der Waals surface area contributed by atoms with Gasteiger partial charge in [0, 0.05) is 10.7 Å². The summed E-state index contributed by atoms with van der Waals surface area (Å²) in [5, 5.41) is 0.877. The molecule has 0 spiro atoms. The van der Waals surface area contributed by atoms with Crippen molar-refractivity contribution < 1.29 is 28.6 Å². The van der Waals surface area contributed by atoms with Crippen LogP contribution in [0.15, 0.2) is 10.7 Å². The number of alkyl halides is 2. The van der Waals surface area contributed by atoms with Crippen molar-refractivity contribution in [2.24, 2.45) is 0 Å². The predicted molar refractivity (Wildman–Crippen MR) is 93.8 cm³/mol. The van der Waals surface area contributed by atoms with E-state index in [1.807, 2.05) is 0 Å². The first-order valence-corrected chi connectivity index (χ1v) is 10.1. The second-order valence-electron chi connectivity index (χ2n) is 4.33. The highest BCUT2D eigenvalue weighted by Crippen LogP contribution is 2.47. The fourth-order valence-electron chi connectivity index (χ4n) is 1.94. The van der Waals surface area contributed by atoms with Crippen molar-refractivity contribution in [1.82, 2.24) is 0 Å². The van der Waals surface area contributed by atoms with Crippen LogP contribution in [-0.2, 0) is 28.6 Å². The van der Waals surface area contributed by atoms with Crippen molar-refractivity contribution >= 4 is 61.3 Å². The molecule has 1 rings (SSSR count). The molecule has 9 heteroatoms. The van der Waals surface area contributed by atoms with Gasteiger partial charge in [0.1, 0.15) is 4.91 Å². The second kappa shape index (κ2) is 9.68. The van der Waals surface area contributed by atoms with E-state index in [1.54, 1.807) is 13.8 Å². The standard InChI is InChI=1S/C14H18Br2O6S/c1-3-20-12(18)10-9(22-8-7-16)11(17)14(23-10,5-6-15)13(19)21-4-2/h3-8H2,1-2H3. The molecule has 6 nitrogen and oxygen atoms in total. The Bertz CT molecular complexity index is 507. The number of esters is 2. The number of rotatable bonds is 9. The highest BCUT2D eigenvalue weighted by atomic mass is 79.9. The average Bonchev–Trinajstić information content (AvgIpc) is 2.80. The SMILES string of the molecule is CCOC(=O)C1=C(OCCBr)C(=O)C(CCBr)(C(=O)OCC)S1. The quantitative estimate of drug-likeness (QED) is 0.289. The van der Waals surface area contributed by atoms with Crippen LogP contribution in [0.5, 0.6) is 0 Å². The Labute approximate surface area is 155 Å². The molecule has 0 saturated heterocycles. The monoisotopic (exact) mass is 472 g/mol. The number of halogens is 2. The van der Waals surface area contributed by atoms with Crippen LogP contribution in [0.4, 0.5) is 0 Å². The number of allylic oxidation sites excluding steroid dienone is 1. The van der Waals surface area contributed by atoms with E-state index in [9.17, 15) is 14.4 Å². The summed E-state index contributed by atoms with van der Waals surface area (Å²) >= 11 is 7.30. The van der Waals surface area contributed by atoms with Crippen LogP contribution in [-0.4, -0.2) is 52.9 Å². The maximum atomic E-state index is 12.8. The second-order valence-corrected chi connectivity index (χ2v) is 7.23. The van der Waals surface area contributed by atoms with Gasteiger partial charge in [0.2, 0.25) is 5.78 Å². The Morgan fingerprint density at radius 3 is 2.30 bits per heavy atom. The zero-order valence-electron chi connectivity index (χ0n) is 12.9. The molecule has 0 N–H and O–H groups in total. The third-order valence-electron chi connectivity index (χ3n) is 2.89. The van der Waals surface area contributed by atoms with Gasteiger partial charge in [-0.3, -0.25) is 9.59 Å². The van der Waals surface area contributed by atoms with Crippen LogP contribution < -0.4 is 0 Å². The molecule has 1 unspecified atom stereocenters.